The number of nitrogens with zero attached hydrogens (tertiary/aromatic N) is 2. The number of rotatable bonds is 6. The molecule has 1 heterocycles. The van der Waals surface area contributed by atoms with Crippen molar-refractivity contribution in [3.05, 3.63) is 18.2 Å². The maximum Gasteiger partial charge on any atom is 0.0949 e. The van der Waals surface area contributed by atoms with E-state index in [2.05, 4.69) is 23.4 Å². The van der Waals surface area contributed by atoms with Crippen LogP contribution < -0.4 is 5.73 Å². The van der Waals surface area contributed by atoms with Crippen LogP contribution in [-0.2, 0) is 16.8 Å². The second-order valence-corrected chi connectivity index (χ2v) is 5.16. The molecule has 0 unspecified atom stereocenters. The van der Waals surface area contributed by atoms with Crippen LogP contribution in [0.25, 0.3) is 0 Å². The molecule has 1 aromatic heterocycles. The summed E-state index contributed by atoms with van der Waals surface area (Å²) < 4.78 is 7.60. The van der Waals surface area contributed by atoms with Crippen molar-refractivity contribution in [2.45, 2.75) is 39.8 Å². The molecule has 0 atom stereocenters. The van der Waals surface area contributed by atoms with E-state index in [-0.39, 0.29) is 5.54 Å². The molecule has 0 bridgehead atoms. The van der Waals surface area contributed by atoms with Gasteiger partial charge in [-0.25, -0.2) is 4.98 Å². The first-order valence-electron chi connectivity index (χ1n) is 5.78. The van der Waals surface area contributed by atoms with Crippen molar-refractivity contribution >= 4 is 0 Å². The lowest BCUT2D eigenvalue weighted by atomic mass is 10.0. The minimum absolute atomic E-state index is 0.353. The molecule has 0 saturated carbocycles. The van der Waals surface area contributed by atoms with E-state index in [1.807, 2.05) is 26.4 Å². The van der Waals surface area contributed by atoms with Gasteiger partial charge in [0, 0.05) is 19.3 Å². The Kier molecular flexibility index (Phi) is 4.50. The maximum atomic E-state index is 6.05. The SMILES string of the molecule is CC(C)COCCn1cncc1C(C)(C)N. The topological polar surface area (TPSA) is 53.1 Å². The summed E-state index contributed by atoms with van der Waals surface area (Å²) in [5.41, 5.74) is 6.74. The van der Waals surface area contributed by atoms with E-state index >= 15 is 0 Å². The highest BCUT2D eigenvalue weighted by Gasteiger charge is 2.18. The van der Waals surface area contributed by atoms with Gasteiger partial charge in [-0.3, -0.25) is 0 Å². The Morgan fingerprint density at radius 3 is 2.75 bits per heavy atom. The maximum absolute atomic E-state index is 6.05. The lowest BCUT2D eigenvalue weighted by Crippen LogP contribution is -2.32. The molecule has 0 amide bonds. The Bertz CT molecular complexity index is 312. The number of hydrogen-bond acceptors (Lipinski definition) is 3. The Hall–Kier alpha value is -0.870. The first-order chi connectivity index (χ1) is 7.41. The summed E-state index contributed by atoms with van der Waals surface area (Å²) in [4.78, 5) is 4.13. The molecule has 0 spiro atoms. The highest BCUT2D eigenvalue weighted by Crippen LogP contribution is 2.15. The highest BCUT2D eigenvalue weighted by atomic mass is 16.5. The zero-order valence-corrected chi connectivity index (χ0v) is 10.7. The molecule has 1 rings (SSSR count). The van der Waals surface area contributed by atoms with Crippen LogP contribution in [0.3, 0.4) is 0 Å². The van der Waals surface area contributed by atoms with Crippen LogP contribution in [0.4, 0.5) is 0 Å². The molecule has 4 nitrogen and oxygen atoms in total. The van der Waals surface area contributed by atoms with E-state index in [9.17, 15) is 0 Å². The molecule has 0 aliphatic rings. The molecule has 92 valence electrons. The van der Waals surface area contributed by atoms with E-state index in [1.165, 1.54) is 0 Å². The normalized spacial score (nSPS) is 12.4. The number of ether oxygens (including phenoxy) is 1. The fourth-order valence-electron chi connectivity index (χ4n) is 1.52. The zero-order chi connectivity index (χ0) is 12.2. The molecule has 2 N–H and O–H groups in total. The number of hydrogen-bond donors (Lipinski definition) is 1. The molecule has 0 saturated heterocycles. The number of aromatic nitrogens is 2. The fraction of sp³-hybridized carbons (Fsp3) is 0.750. The highest BCUT2D eigenvalue weighted by molar-refractivity contribution is 5.09. The van der Waals surface area contributed by atoms with Gasteiger partial charge in [0.1, 0.15) is 0 Å². The van der Waals surface area contributed by atoms with Crippen molar-refractivity contribution in [1.82, 2.24) is 9.55 Å². The molecule has 0 aromatic carbocycles. The third kappa shape index (κ3) is 3.94. The number of imidazole rings is 1. The van der Waals surface area contributed by atoms with Gasteiger partial charge in [-0.05, 0) is 19.8 Å². The lowest BCUT2D eigenvalue weighted by molar-refractivity contribution is 0.102. The van der Waals surface area contributed by atoms with Crippen LogP contribution >= 0.6 is 0 Å². The standard InChI is InChI=1S/C12H23N3O/c1-10(2)8-16-6-5-15-9-14-7-11(15)12(3,4)13/h7,9-10H,5-6,8,13H2,1-4H3. The summed E-state index contributed by atoms with van der Waals surface area (Å²) >= 11 is 0. The van der Waals surface area contributed by atoms with Gasteiger partial charge in [0.2, 0.25) is 0 Å². The van der Waals surface area contributed by atoms with Crippen LogP contribution in [-0.4, -0.2) is 22.8 Å². The van der Waals surface area contributed by atoms with Gasteiger partial charge in [-0.15, -0.1) is 0 Å². The average molecular weight is 225 g/mol. The van der Waals surface area contributed by atoms with Gasteiger partial charge in [-0.2, -0.15) is 0 Å². The number of nitrogens with two attached hydrogens (primary N) is 1. The molecule has 0 aliphatic heterocycles. The van der Waals surface area contributed by atoms with Crippen molar-refractivity contribution in [3.8, 4) is 0 Å². The fourth-order valence-corrected chi connectivity index (χ4v) is 1.52. The predicted octanol–water partition coefficient (Wildman–Crippen LogP) is 1.75. The summed E-state index contributed by atoms with van der Waals surface area (Å²) in [5, 5.41) is 0. The summed E-state index contributed by atoms with van der Waals surface area (Å²) in [6.45, 7) is 10.6. The third-order valence-corrected chi connectivity index (χ3v) is 2.30. The first kappa shape index (κ1) is 13.2. The smallest absolute Gasteiger partial charge is 0.0949 e. The van der Waals surface area contributed by atoms with Crippen LogP contribution in [0.5, 0.6) is 0 Å². The second-order valence-electron chi connectivity index (χ2n) is 5.16. The Labute approximate surface area is 97.8 Å². The Balaban J connectivity index is 2.46. The van der Waals surface area contributed by atoms with Gasteiger partial charge in [-0.1, -0.05) is 13.8 Å². The summed E-state index contributed by atoms with van der Waals surface area (Å²) in [6, 6.07) is 0. The van der Waals surface area contributed by atoms with E-state index < -0.39 is 0 Å². The van der Waals surface area contributed by atoms with E-state index in [4.69, 9.17) is 10.5 Å². The lowest BCUT2D eigenvalue weighted by Gasteiger charge is -2.20. The molecular formula is C12H23N3O. The van der Waals surface area contributed by atoms with Crippen molar-refractivity contribution in [1.29, 1.82) is 0 Å². The largest absolute Gasteiger partial charge is 0.379 e. The first-order valence-corrected chi connectivity index (χ1v) is 5.78. The van der Waals surface area contributed by atoms with Crippen molar-refractivity contribution < 1.29 is 4.74 Å². The molecule has 0 radical (unpaired) electrons. The zero-order valence-electron chi connectivity index (χ0n) is 10.7. The molecule has 0 aliphatic carbocycles. The van der Waals surface area contributed by atoms with Crippen LogP contribution in [0.1, 0.15) is 33.4 Å². The van der Waals surface area contributed by atoms with Gasteiger partial charge in [0.25, 0.3) is 0 Å². The summed E-state index contributed by atoms with van der Waals surface area (Å²) in [5.74, 6) is 0.577. The van der Waals surface area contributed by atoms with Gasteiger partial charge >= 0.3 is 0 Å². The van der Waals surface area contributed by atoms with Crippen LogP contribution in [0, 0.1) is 5.92 Å². The monoisotopic (exact) mass is 225 g/mol. The van der Waals surface area contributed by atoms with Crippen LogP contribution in [0.15, 0.2) is 12.5 Å². The third-order valence-electron chi connectivity index (χ3n) is 2.30. The second kappa shape index (κ2) is 5.46. The van der Waals surface area contributed by atoms with Crippen molar-refractivity contribution in [3.63, 3.8) is 0 Å². The average Bonchev–Trinajstić information content (AvgIpc) is 2.59. The minimum atomic E-state index is -0.353. The van der Waals surface area contributed by atoms with Crippen LogP contribution in [0.2, 0.25) is 0 Å². The summed E-state index contributed by atoms with van der Waals surface area (Å²) in [7, 11) is 0. The molecule has 4 heteroatoms. The summed E-state index contributed by atoms with van der Waals surface area (Å²) in [6.07, 6.45) is 3.63. The van der Waals surface area contributed by atoms with Gasteiger partial charge < -0.3 is 15.0 Å². The Morgan fingerprint density at radius 1 is 1.50 bits per heavy atom. The van der Waals surface area contributed by atoms with Gasteiger partial charge in [0.05, 0.1) is 24.2 Å². The van der Waals surface area contributed by atoms with E-state index in [0.29, 0.717) is 12.5 Å². The van der Waals surface area contributed by atoms with Gasteiger partial charge in [0.15, 0.2) is 0 Å². The molecule has 16 heavy (non-hydrogen) atoms. The molecular weight excluding hydrogens is 202 g/mol. The van der Waals surface area contributed by atoms with Crippen molar-refractivity contribution in [2.24, 2.45) is 11.7 Å². The van der Waals surface area contributed by atoms with E-state index in [0.717, 1.165) is 18.8 Å². The van der Waals surface area contributed by atoms with Crippen molar-refractivity contribution in [2.75, 3.05) is 13.2 Å². The predicted molar refractivity (Wildman–Crippen MR) is 65.1 cm³/mol. The quantitative estimate of drug-likeness (QED) is 0.750. The molecule has 0 fully saturated rings. The van der Waals surface area contributed by atoms with E-state index in [1.54, 1.807) is 0 Å². The Morgan fingerprint density at radius 2 is 2.19 bits per heavy atom. The minimum Gasteiger partial charge on any atom is -0.379 e. The molecule has 1 aromatic rings.